The van der Waals surface area contributed by atoms with Crippen molar-refractivity contribution < 1.29 is 4.39 Å². The van der Waals surface area contributed by atoms with Gasteiger partial charge in [-0.05, 0) is 69.2 Å². The van der Waals surface area contributed by atoms with Gasteiger partial charge in [0.05, 0.1) is 11.9 Å². The molecule has 2 saturated heterocycles. The molecule has 3 N–H and O–H groups in total. The summed E-state index contributed by atoms with van der Waals surface area (Å²) in [6.45, 7) is 3.50. The van der Waals surface area contributed by atoms with Crippen molar-refractivity contribution in [1.82, 2.24) is 10.3 Å². The normalized spacial score (nSPS) is 19.6. The molecule has 0 unspecified atom stereocenters. The molecular formula is C25H33FN6S. The van der Waals surface area contributed by atoms with Crippen LogP contribution in [0.3, 0.4) is 0 Å². The van der Waals surface area contributed by atoms with Gasteiger partial charge in [-0.15, -0.1) is 0 Å². The Labute approximate surface area is 201 Å². The second-order valence-corrected chi connectivity index (χ2v) is 9.56. The minimum atomic E-state index is -0.225. The molecule has 0 saturated carbocycles. The zero-order valence-corrected chi connectivity index (χ0v) is 20.2. The molecule has 2 aliphatic heterocycles. The molecule has 6 nitrogen and oxygen atoms in total. The van der Waals surface area contributed by atoms with Crippen LogP contribution in [-0.2, 0) is 0 Å². The number of hydrazone groups is 1. The summed E-state index contributed by atoms with van der Waals surface area (Å²) in [7, 11) is 4.21. The van der Waals surface area contributed by atoms with E-state index in [4.69, 9.17) is 18.0 Å². The summed E-state index contributed by atoms with van der Waals surface area (Å²) in [5.74, 6) is 0.305. The zero-order chi connectivity index (χ0) is 23.4. The topological polar surface area (TPSA) is 60.1 Å². The summed E-state index contributed by atoms with van der Waals surface area (Å²) < 4.78 is 15.3. The number of piperidine rings is 1. The molecule has 0 spiro atoms. The Morgan fingerprint density at radius 1 is 1.09 bits per heavy atom. The van der Waals surface area contributed by atoms with Crippen molar-refractivity contribution in [3.05, 3.63) is 59.4 Å². The predicted octanol–water partition coefficient (Wildman–Crippen LogP) is 3.52. The van der Waals surface area contributed by atoms with E-state index in [0.717, 1.165) is 56.7 Å². The lowest BCUT2D eigenvalue weighted by Gasteiger charge is -2.35. The van der Waals surface area contributed by atoms with E-state index >= 15 is 4.39 Å². The van der Waals surface area contributed by atoms with Crippen molar-refractivity contribution in [1.29, 1.82) is 0 Å². The molecule has 8 heteroatoms. The fourth-order valence-electron chi connectivity index (χ4n) is 4.91. The first kappa shape index (κ1) is 23.4. The van der Waals surface area contributed by atoms with Crippen molar-refractivity contribution in [3.63, 3.8) is 0 Å². The van der Waals surface area contributed by atoms with Gasteiger partial charge in [0.2, 0.25) is 0 Å². The number of hydrogen-bond acceptors (Lipinski definition) is 5. The van der Waals surface area contributed by atoms with Crippen LogP contribution >= 0.6 is 12.2 Å². The molecule has 4 rings (SSSR count). The Kier molecular flexibility index (Phi) is 7.45. The van der Waals surface area contributed by atoms with Crippen LogP contribution in [-0.4, -0.2) is 62.5 Å². The van der Waals surface area contributed by atoms with Crippen LogP contribution in [0.1, 0.15) is 36.3 Å². The van der Waals surface area contributed by atoms with E-state index in [2.05, 4.69) is 69.7 Å². The Bertz CT molecular complexity index is 988. The van der Waals surface area contributed by atoms with Gasteiger partial charge in [-0.25, -0.2) is 4.39 Å². The summed E-state index contributed by atoms with van der Waals surface area (Å²) >= 11 is 4.83. The molecule has 1 atom stereocenters. The number of rotatable bonds is 6. The molecule has 0 aromatic heterocycles. The summed E-state index contributed by atoms with van der Waals surface area (Å²) in [5, 5.41) is 4.18. The van der Waals surface area contributed by atoms with E-state index in [-0.39, 0.29) is 10.9 Å². The highest BCUT2D eigenvalue weighted by Gasteiger charge is 2.28. The van der Waals surface area contributed by atoms with Gasteiger partial charge in [-0.3, -0.25) is 5.43 Å². The smallest absolute Gasteiger partial charge is 0.184 e. The van der Waals surface area contributed by atoms with Crippen molar-refractivity contribution >= 4 is 34.9 Å². The average molecular weight is 469 g/mol. The van der Waals surface area contributed by atoms with Crippen molar-refractivity contribution in [3.8, 4) is 0 Å². The van der Waals surface area contributed by atoms with E-state index in [1.807, 2.05) is 6.07 Å². The van der Waals surface area contributed by atoms with E-state index < -0.39 is 0 Å². The highest BCUT2D eigenvalue weighted by atomic mass is 32.1. The molecule has 2 aliphatic rings. The lowest BCUT2D eigenvalue weighted by molar-refractivity contribution is 0.315. The average Bonchev–Trinajstić information content (AvgIpc) is 3.30. The number of likely N-dealkylation sites (N-methyl/N-ethyl adjacent to an activating group) is 1. The number of nitrogens with one attached hydrogen (secondary N) is 1. The number of anilines is 2. The Morgan fingerprint density at radius 2 is 1.79 bits per heavy atom. The molecule has 2 aromatic carbocycles. The maximum Gasteiger partial charge on any atom is 0.184 e. The number of hydrogen-bond donors (Lipinski definition) is 2. The van der Waals surface area contributed by atoms with Gasteiger partial charge < -0.3 is 20.4 Å². The highest BCUT2D eigenvalue weighted by molar-refractivity contribution is 7.80. The molecule has 2 heterocycles. The number of halogens is 1. The number of thiocarbonyl (C=S) groups is 1. The maximum absolute atomic E-state index is 15.3. The summed E-state index contributed by atoms with van der Waals surface area (Å²) in [6.07, 6.45) is 4.72. The molecule has 33 heavy (non-hydrogen) atoms. The van der Waals surface area contributed by atoms with Crippen LogP contribution in [0.4, 0.5) is 15.8 Å². The predicted molar refractivity (Wildman–Crippen MR) is 139 cm³/mol. The first-order valence-corrected chi connectivity index (χ1v) is 12.0. The van der Waals surface area contributed by atoms with Crippen molar-refractivity contribution in [2.45, 2.75) is 31.2 Å². The summed E-state index contributed by atoms with van der Waals surface area (Å²) in [5.41, 5.74) is 11.8. The van der Waals surface area contributed by atoms with Crippen LogP contribution in [0, 0.1) is 5.82 Å². The minimum absolute atomic E-state index is 0.0834. The van der Waals surface area contributed by atoms with E-state index in [9.17, 15) is 0 Å². The largest absolute Gasteiger partial charge is 0.375 e. The van der Waals surface area contributed by atoms with Gasteiger partial charge in [-0.1, -0.05) is 30.3 Å². The molecular weight excluding hydrogens is 435 g/mol. The van der Waals surface area contributed by atoms with Gasteiger partial charge in [0.1, 0.15) is 5.82 Å². The molecule has 0 aliphatic carbocycles. The van der Waals surface area contributed by atoms with Crippen LogP contribution in [0.25, 0.3) is 0 Å². The summed E-state index contributed by atoms with van der Waals surface area (Å²) in [4.78, 5) is 6.76. The number of nitrogens with two attached hydrogens (primary N) is 1. The fraction of sp³-hybridized carbons (Fsp3) is 0.440. The van der Waals surface area contributed by atoms with Crippen molar-refractivity contribution in [2.75, 3.05) is 50.1 Å². The van der Waals surface area contributed by atoms with Gasteiger partial charge in [-0.2, -0.15) is 5.10 Å². The fourth-order valence-corrected chi connectivity index (χ4v) is 4.96. The van der Waals surface area contributed by atoms with Gasteiger partial charge in [0.25, 0.3) is 0 Å². The molecule has 0 bridgehead atoms. The van der Waals surface area contributed by atoms with Crippen LogP contribution < -0.4 is 21.0 Å². The first-order chi connectivity index (χ1) is 15.9. The zero-order valence-electron chi connectivity index (χ0n) is 19.4. The molecule has 0 amide bonds. The SMILES string of the molecule is CN(C)[C@@H]1CCN(c2cc(N3CCC(c4ccccc4)CC3)c(F)cc2/C=N/NC(N)=S)C1. The lowest BCUT2D eigenvalue weighted by Crippen LogP contribution is -2.34. The Hall–Kier alpha value is -2.71. The maximum atomic E-state index is 15.3. The van der Waals surface area contributed by atoms with Crippen LogP contribution in [0.15, 0.2) is 47.6 Å². The van der Waals surface area contributed by atoms with Gasteiger partial charge >= 0.3 is 0 Å². The number of nitrogens with zero attached hydrogens (tertiary/aromatic N) is 4. The number of benzene rings is 2. The van der Waals surface area contributed by atoms with E-state index in [1.165, 1.54) is 5.56 Å². The molecule has 176 valence electrons. The highest BCUT2D eigenvalue weighted by Crippen LogP contribution is 2.35. The van der Waals surface area contributed by atoms with Crippen LogP contribution in [0.2, 0.25) is 0 Å². The third-order valence-corrected chi connectivity index (χ3v) is 6.91. The van der Waals surface area contributed by atoms with E-state index in [0.29, 0.717) is 17.6 Å². The monoisotopic (exact) mass is 468 g/mol. The molecule has 2 fully saturated rings. The minimum Gasteiger partial charge on any atom is -0.375 e. The van der Waals surface area contributed by atoms with Gasteiger partial charge in [0, 0.05) is 43.5 Å². The summed E-state index contributed by atoms with van der Waals surface area (Å²) in [6, 6.07) is 14.7. The first-order valence-electron chi connectivity index (χ1n) is 11.6. The molecule has 2 aromatic rings. The Morgan fingerprint density at radius 3 is 2.42 bits per heavy atom. The Balaban J connectivity index is 1.57. The van der Waals surface area contributed by atoms with Crippen molar-refractivity contribution in [2.24, 2.45) is 10.8 Å². The quantitative estimate of drug-likeness (QED) is 0.384. The van der Waals surface area contributed by atoms with Gasteiger partial charge in [0.15, 0.2) is 5.11 Å². The molecule has 0 radical (unpaired) electrons. The lowest BCUT2D eigenvalue weighted by atomic mass is 9.89. The van der Waals surface area contributed by atoms with E-state index in [1.54, 1.807) is 12.3 Å². The second kappa shape index (κ2) is 10.5. The van der Waals surface area contributed by atoms with Crippen LogP contribution in [0.5, 0.6) is 0 Å². The second-order valence-electron chi connectivity index (χ2n) is 9.12. The third-order valence-electron chi connectivity index (χ3n) is 6.82. The standard InChI is InChI=1S/C25H33FN6S/c1-30(2)21-10-13-32(17-21)23-15-24(22(26)14-20(23)16-28-29-25(27)33)31-11-8-19(9-12-31)18-6-4-3-5-7-18/h3-7,14-16,19,21H,8-13,17H2,1-2H3,(H3,27,29,33)/b28-16+/t21-/m1/s1. The third kappa shape index (κ3) is 5.62.